The maximum atomic E-state index is 11.5. The summed E-state index contributed by atoms with van der Waals surface area (Å²) in [6, 6.07) is 0.498. The number of rotatable bonds is 3. The van der Waals surface area contributed by atoms with Gasteiger partial charge in [-0.05, 0) is 121 Å². The van der Waals surface area contributed by atoms with E-state index in [4.69, 9.17) is 11.1 Å². The molecule has 4 N–H and O–H groups in total. The third-order valence-corrected chi connectivity index (χ3v) is 11.6. The normalized spacial score (nSPS) is 38.4. The quantitative estimate of drug-likeness (QED) is 0.313. The van der Waals surface area contributed by atoms with E-state index in [1.165, 1.54) is 50.5 Å². The number of amides is 1. The van der Waals surface area contributed by atoms with Crippen molar-refractivity contribution in [1.82, 2.24) is 10.2 Å². The molecule has 5 rings (SSSR count). The molecule has 7 unspecified atom stereocenters. The molecule has 40 heavy (non-hydrogen) atoms. The number of carbonyl (C=O) groups is 1. The van der Waals surface area contributed by atoms with E-state index in [-0.39, 0.29) is 27.8 Å². The molecule has 7 atom stereocenters. The average molecular weight is 555 g/mol. The maximum absolute atomic E-state index is 11.5. The van der Waals surface area contributed by atoms with Crippen LogP contribution in [0, 0.1) is 34.0 Å². The van der Waals surface area contributed by atoms with E-state index < -0.39 is 0 Å². The molecule has 0 radical (unpaired) electrons. The average Bonchev–Trinajstić information content (AvgIpc) is 3.52. The lowest BCUT2D eigenvalue weighted by molar-refractivity contribution is -0.133. The predicted molar refractivity (Wildman–Crippen MR) is 171 cm³/mol. The van der Waals surface area contributed by atoms with Gasteiger partial charge in [0.15, 0.2) is 0 Å². The molecule has 5 aliphatic rings. The van der Waals surface area contributed by atoms with Crippen molar-refractivity contribution in [1.29, 1.82) is 5.41 Å². The molecule has 1 aliphatic heterocycles. The first-order chi connectivity index (χ1) is 18.6. The maximum Gasteiger partial charge on any atom is 0.219 e. The van der Waals surface area contributed by atoms with Gasteiger partial charge in [-0.25, -0.2) is 0 Å². The summed E-state index contributed by atoms with van der Waals surface area (Å²) in [4.78, 5) is 13.4. The Kier molecular flexibility index (Phi) is 10.3. The fourth-order valence-corrected chi connectivity index (χ4v) is 9.58. The molecule has 1 amide bonds. The Labute approximate surface area is 246 Å². The van der Waals surface area contributed by atoms with Crippen LogP contribution in [0.1, 0.15) is 127 Å². The van der Waals surface area contributed by atoms with Crippen molar-refractivity contribution in [2.75, 3.05) is 13.1 Å². The summed E-state index contributed by atoms with van der Waals surface area (Å²) in [5.41, 5.74) is 11.6. The van der Waals surface area contributed by atoms with Gasteiger partial charge in [-0.1, -0.05) is 51.5 Å². The number of fused-ring (bicyclic) bond motifs is 5. The van der Waals surface area contributed by atoms with E-state index in [0.717, 1.165) is 38.1 Å². The molecule has 3 saturated carbocycles. The van der Waals surface area contributed by atoms with Gasteiger partial charge in [0, 0.05) is 42.2 Å². The van der Waals surface area contributed by atoms with Gasteiger partial charge >= 0.3 is 0 Å². The molecule has 0 aromatic carbocycles. The summed E-state index contributed by atoms with van der Waals surface area (Å²) in [5.74, 6) is 1.84. The minimum Gasteiger partial charge on any atom is -0.337 e. The third kappa shape index (κ3) is 6.16. The Balaban J connectivity index is 0.000000236. The Bertz CT molecular complexity index is 972. The van der Waals surface area contributed by atoms with Gasteiger partial charge in [-0.3, -0.25) is 4.79 Å². The van der Waals surface area contributed by atoms with Crippen LogP contribution in [0.3, 0.4) is 0 Å². The highest BCUT2D eigenvalue weighted by molar-refractivity contribution is 5.82. The lowest BCUT2D eigenvalue weighted by atomic mass is 9.43. The molecule has 4 fully saturated rings. The van der Waals surface area contributed by atoms with E-state index in [1.54, 1.807) is 12.5 Å². The summed E-state index contributed by atoms with van der Waals surface area (Å²) in [5, 5.41) is 11.7. The van der Waals surface area contributed by atoms with Crippen molar-refractivity contribution < 1.29 is 4.79 Å². The minimum absolute atomic E-state index is 0.0258. The van der Waals surface area contributed by atoms with Gasteiger partial charge in [0.25, 0.3) is 0 Å². The van der Waals surface area contributed by atoms with Gasteiger partial charge in [-0.2, -0.15) is 0 Å². The SMILES string of the molecule is C=C1C=C2CCC3(N)C(CCC4(C)C(C(C)=N)CCC43)C2(C)CC1.CC.CC(=O)N(CC1CCCN1)C(C)(C)C. The standard InChI is InChI=1S/C22H34N2.C11H22N2O.C2H6/c1-14-7-10-20(3)16(13-14)8-12-22(24)18-6-5-17(15(2)23)21(18,4)11-9-19(20)22;1-9(14)13(11(2,3)4)8-10-6-5-7-12-10;1-2/h13,17-19,23H,1,5-12,24H2,2-4H3;10,12H,5-8H2,1-4H3;1-2H3. The molecule has 0 aromatic rings. The Morgan fingerprint density at radius 2 is 1.75 bits per heavy atom. The van der Waals surface area contributed by atoms with E-state index in [1.807, 2.05) is 25.7 Å². The van der Waals surface area contributed by atoms with Crippen molar-refractivity contribution in [3.63, 3.8) is 0 Å². The molecular formula is C35H62N4O. The number of nitrogens with one attached hydrogen (secondary N) is 2. The molecule has 1 heterocycles. The van der Waals surface area contributed by atoms with E-state index >= 15 is 0 Å². The van der Waals surface area contributed by atoms with Crippen LogP contribution < -0.4 is 11.1 Å². The monoisotopic (exact) mass is 554 g/mol. The highest BCUT2D eigenvalue weighted by Gasteiger charge is 2.64. The van der Waals surface area contributed by atoms with Crippen LogP contribution in [0.25, 0.3) is 0 Å². The van der Waals surface area contributed by atoms with Crippen LogP contribution in [0.4, 0.5) is 0 Å². The Hall–Kier alpha value is -1.46. The van der Waals surface area contributed by atoms with Gasteiger partial charge in [0.2, 0.25) is 5.91 Å². The fraction of sp³-hybridized carbons (Fsp3) is 0.829. The number of hydrogen-bond acceptors (Lipinski definition) is 4. The third-order valence-electron chi connectivity index (χ3n) is 11.6. The van der Waals surface area contributed by atoms with Gasteiger partial charge < -0.3 is 21.4 Å². The molecule has 228 valence electrons. The Morgan fingerprint density at radius 3 is 2.30 bits per heavy atom. The molecular weight excluding hydrogens is 492 g/mol. The van der Waals surface area contributed by atoms with Crippen molar-refractivity contribution in [3.05, 3.63) is 23.8 Å². The number of allylic oxidation sites excluding steroid dienone is 3. The van der Waals surface area contributed by atoms with E-state index in [0.29, 0.717) is 23.8 Å². The van der Waals surface area contributed by atoms with Crippen LogP contribution >= 0.6 is 0 Å². The first-order valence-electron chi connectivity index (χ1n) is 16.4. The van der Waals surface area contributed by atoms with Crippen LogP contribution in [-0.4, -0.2) is 46.7 Å². The van der Waals surface area contributed by atoms with Crippen molar-refractivity contribution >= 4 is 11.6 Å². The van der Waals surface area contributed by atoms with E-state index in [9.17, 15) is 4.79 Å². The molecule has 5 nitrogen and oxygen atoms in total. The second kappa shape index (κ2) is 12.4. The zero-order valence-corrected chi connectivity index (χ0v) is 27.5. The molecule has 5 heteroatoms. The minimum atomic E-state index is -0.0594. The highest BCUT2D eigenvalue weighted by atomic mass is 16.2. The van der Waals surface area contributed by atoms with Gasteiger partial charge in [0.1, 0.15) is 0 Å². The molecule has 0 bridgehead atoms. The molecule has 4 aliphatic carbocycles. The fourth-order valence-electron chi connectivity index (χ4n) is 9.58. The van der Waals surface area contributed by atoms with Crippen molar-refractivity contribution in [2.45, 2.75) is 144 Å². The number of hydrogen-bond donors (Lipinski definition) is 3. The summed E-state index contributed by atoms with van der Waals surface area (Å²) in [6.07, 6.45) is 14.4. The Morgan fingerprint density at radius 1 is 1.07 bits per heavy atom. The van der Waals surface area contributed by atoms with Crippen molar-refractivity contribution in [2.24, 2.45) is 34.3 Å². The summed E-state index contributed by atoms with van der Waals surface area (Å²) < 4.78 is 0. The summed E-state index contributed by atoms with van der Waals surface area (Å²) in [6.45, 7) is 25.0. The molecule has 1 saturated heterocycles. The van der Waals surface area contributed by atoms with Gasteiger partial charge in [-0.15, -0.1) is 0 Å². The molecule has 0 aromatic heterocycles. The second-order valence-electron chi connectivity index (χ2n) is 14.9. The summed E-state index contributed by atoms with van der Waals surface area (Å²) >= 11 is 0. The first kappa shape index (κ1) is 33.0. The molecule has 0 spiro atoms. The lowest BCUT2D eigenvalue weighted by Gasteiger charge is -2.63. The van der Waals surface area contributed by atoms with Crippen LogP contribution in [-0.2, 0) is 4.79 Å². The predicted octanol–water partition coefficient (Wildman–Crippen LogP) is 7.65. The van der Waals surface area contributed by atoms with Crippen LogP contribution in [0.15, 0.2) is 23.8 Å². The van der Waals surface area contributed by atoms with E-state index in [2.05, 4.69) is 52.6 Å². The van der Waals surface area contributed by atoms with Crippen LogP contribution in [0.5, 0.6) is 0 Å². The zero-order valence-electron chi connectivity index (χ0n) is 27.5. The smallest absolute Gasteiger partial charge is 0.219 e. The largest absolute Gasteiger partial charge is 0.337 e. The number of nitrogens with zero attached hydrogens (tertiary/aromatic N) is 1. The number of nitrogens with two attached hydrogens (primary N) is 1. The van der Waals surface area contributed by atoms with Crippen molar-refractivity contribution in [3.8, 4) is 0 Å². The zero-order chi connectivity index (χ0) is 30.1. The topological polar surface area (TPSA) is 82.2 Å². The highest BCUT2D eigenvalue weighted by Crippen LogP contribution is 2.67. The lowest BCUT2D eigenvalue weighted by Crippen LogP contribution is -2.66. The second-order valence-corrected chi connectivity index (χ2v) is 14.9. The van der Waals surface area contributed by atoms with Gasteiger partial charge in [0.05, 0.1) is 0 Å². The first-order valence-corrected chi connectivity index (χ1v) is 16.4. The summed E-state index contributed by atoms with van der Waals surface area (Å²) in [7, 11) is 0. The number of carbonyl (C=O) groups excluding carboxylic acids is 1. The van der Waals surface area contributed by atoms with Crippen LogP contribution in [0.2, 0.25) is 0 Å².